The van der Waals surface area contributed by atoms with Crippen LogP contribution in [0.25, 0.3) is 11.0 Å². The number of hydrogen-bond acceptors (Lipinski definition) is 5. The van der Waals surface area contributed by atoms with Crippen LogP contribution in [0.3, 0.4) is 0 Å². The van der Waals surface area contributed by atoms with Gasteiger partial charge in [-0.15, -0.1) is 0 Å². The zero-order valence-electron chi connectivity index (χ0n) is 18.8. The second-order valence-corrected chi connectivity index (χ2v) is 8.02. The summed E-state index contributed by atoms with van der Waals surface area (Å²) in [6, 6.07) is 0.549. The van der Waals surface area contributed by atoms with Crippen molar-refractivity contribution < 1.29 is 36.6 Å². The first-order valence-corrected chi connectivity index (χ1v) is 10.6. The molecule has 33 heavy (non-hydrogen) atoms. The molecule has 0 fully saturated rings. The quantitative estimate of drug-likeness (QED) is 0.552. The van der Waals surface area contributed by atoms with Crippen LogP contribution in [0, 0.1) is 11.6 Å². The summed E-state index contributed by atoms with van der Waals surface area (Å²) in [5.41, 5.74) is -0.504. The van der Waals surface area contributed by atoms with Crippen molar-refractivity contribution in [3.8, 4) is 11.8 Å². The molecule has 0 unspecified atom stereocenters. The van der Waals surface area contributed by atoms with Gasteiger partial charge < -0.3 is 19.5 Å². The number of halogens is 4. The van der Waals surface area contributed by atoms with Gasteiger partial charge in [-0.3, -0.25) is 9.36 Å². The van der Waals surface area contributed by atoms with Crippen LogP contribution in [0.4, 0.5) is 17.6 Å². The Morgan fingerprint density at radius 3 is 2.67 bits per heavy atom. The molecule has 1 aromatic carbocycles. The summed E-state index contributed by atoms with van der Waals surface area (Å²) in [6.45, 7) is 4.12. The van der Waals surface area contributed by atoms with Crippen LogP contribution >= 0.6 is 0 Å². The summed E-state index contributed by atoms with van der Waals surface area (Å²) in [5.74, 6) is -1.85. The van der Waals surface area contributed by atoms with Gasteiger partial charge in [0.2, 0.25) is 5.91 Å². The molecular formula is C22H27F4N3O4. The number of benzene rings is 1. The summed E-state index contributed by atoms with van der Waals surface area (Å²) in [4.78, 5) is 15.2. The molecule has 0 saturated heterocycles. The van der Waals surface area contributed by atoms with Crippen LogP contribution in [-0.2, 0) is 16.6 Å². The normalized spacial score (nSPS) is 18.1. The average Bonchev–Trinajstić information content (AvgIpc) is 3.07. The van der Waals surface area contributed by atoms with E-state index < -0.39 is 30.4 Å². The van der Waals surface area contributed by atoms with Gasteiger partial charge >= 0.3 is 0 Å². The molecule has 1 aliphatic carbocycles. The second kappa shape index (κ2) is 10.3. The Balaban J connectivity index is 1.69. The number of nitrogens with one attached hydrogen (secondary N) is 1. The molecule has 0 radical (unpaired) electrons. The molecule has 1 N–H and O–H groups in total. The van der Waals surface area contributed by atoms with Crippen molar-refractivity contribution in [3.05, 3.63) is 29.5 Å². The number of hydrogen-bond donors (Lipinski definition) is 1. The lowest BCUT2D eigenvalue weighted by Gasteiger charge is -2.27. The van der Waals surface area contributed by atoms with Gasteiger partial charge in [0.15, 0.2) is 17.4 Å². The van der Waals surface area contributed by atoms with E-state index in [1.54, 1.807) is 0 Å². The highest BCUT2D eigenvalue weighted by atomic mass is 19.3. The highest BCUT2D eigenvalue weighted by Gasteiger charge is 2.25. The molecule has 0 saturated carbocycles. The molecule has 3 atom stereocenters. The SMILES string of the molecule is CC(=O)N[C@@H](C)[C@H](C)OC1=CC[C@@H](Oc2nc3c(F)cc(OCC(F)F)c(F)c3n2C)CC1. The van der Waals surface area contributed by atoms with Crippen molar-refractivity contribution in [2.45, 2.75) is 64.7 Å². The number of allylic oxidation sites excluding steroid dienone is 1. The first kappa shape index (κ1) is 24.7. The largest absolute Gasteiger partial charge is 0.493 e. The van der Waals surface area contributed by atoms with E-state index >= 15 is 0 Å². The number of nitrogens with zero attached hydrogens (tertiary/aromatic N) is 2. The Kier molecular flexibility index (Phi) is 7.70. The standard InChI is InChI=1S/C22H27F4N3O4/c1-11(27-13(3)30)12(2)32-14-5-7-15(8-6-14)33-22-28-20-16(23)9-17(31-10-18(24)25)19(26)21(20)29(22)4/h5,9,11-12,15,18H,6-8,10H2,1-4H3,(H,27,30)/t11-,12-,15+/m0/s1. The highest BCUT2D eigenvalue weighted by molar-refractivity contribution is 5.80. The Bertz CT molecular complexity index is 1040. The fourth-order valence-electron chi connectivity index (χ4n) is 3.55. The number of fused-ring (bicyclic) bond motifs is 1. The Hall–Kier alpha value is -2.98. The van der Waals surface area contributed by atoms with Gasteiger partial charge in [0.1, 0.15) is 29.8 Å². The van der Waals surface area contributed by atoms with Gasteiger partial charge in [0.05, 0.1) is 11.8 Å². The number of imidazole rings is 1. The molecule has 2 aromatic rings. The molecule has 0 aliphatic heterocycles. The minimum Gasteiger partial charge on any atom is -0.493 e. The first-order valence-electron chi connectivity index (χ1n) is 10.6. The van der Waals surface area contributed by atoms with E-state index in [1.807, 2.05) is 19.9 Å². The molecule has 1 heterocycles. The van der Waals surface area contributed by atoms with Gasteiger partial charge in [-0.2, -0.15) is 4.98 Å². The third-order valence-electron chi connectivity index (χ3n) is 5.39. The fourth-order valence-corrected chi connectivity index (χ4v) is 3.55. The zero-order chi connectivity index (χ0) is 24.3. The number of carbonyl (C=O) groups is 1. The van der Waals surface area contributed by atoms with Gasteiger partial charge in [0, 0.05) is 32.9 Å². The summed E-state index contributed by atoms with van der Waals surface area (Å²) < 4.78 is 71.7. The second-order valence-electron chi connectivity index (χ2n) is 8.02. The highest BCUT2D eigenvalue weighted by Crippen LogP contribution is 2.33. The van der Waals surface area contributed by atoms with Gasteiger partial charge in [-0.25, -0.2) is 17.6 Å². The molecule has 0 spiro atoms. The van der Waals surface area contributed by atoms with Crippen molar-refractivity contribution >= 4 is 16.9 Å². The lowest BCUT2D eigenvalue weighted by Crippen LogP contribution is -2.40. The number of aryl methyl sites for hydroxylation is 1. The van der Waals surface area contributed by atoms with Crippen LogP contribution in [0.1, 0.15) is 40.0 Å². The van der Waals surface area contributed by atoms with Gasteiger partial charge in [-0.05, 0) is 26.3 Å². The number of rotatable bonds is 9. The van der Waals surface area contributed by atoms with E-state index in [9.17, 15) is 22.4 Å². The maximum atomic E-state index is 14.8. The van der Waals surface area contributed by atoms with Crippen LogP contribution < -0.4 is 14.8 Å². The number of carbonyl (C=O) groups excluding carboxylic acids is 1. The summed E-state index contributed by atoms with van der Waals surface area (Å²) in [5, 5.41) is 2.78. The molecule has 11 heteroatoms. The minimum absolute atomic E-state index is 0.00391. The van der Waals surface area contributed by atoms with Crippen molar-refractivity contribution in [1.82, 2.24) is 14.9 Å². The van der Waals surface area contributed by atoms with Gasteiger partial charge in [-0.1, -0.05) is 0 Å². The van der Waals surface area contributed by atoms with Crippen molar-refractivity contribution in [3.63, 3.8) is 0 Å². The van der Waals surface area contributed by atoms with Crippen LogP contribution in [0.15, 0.2) is 17.9 Å². The van der Waals surface area contributed by atoms with E-state index in [-0.39, 0.29) is 41.2 Å². The van der Waals surface area contributed by atoms with Crippen molar-refractivity contribution in [2.24, 2.45) is 7.05 Å². The number of ether oxygens (including phenoxy) is 3. The molecule has 0 bridgehead atoms. The molecular weight excluding hydrogens is 446 g/mol. The summed E-state index contributed by atoms with van der Waals surface area (Å²) in [6.07, 6.45) is 0.211. The van der Waals surface area contributed by atoms with Crippen molar-refractivity contribution in [2.75, 3.05) is 6.61 Å². The van der Waals surface area contributed by atoms with Crippen molar-refractivity contribution in [1.29, 1.82) is 0 Å². The summed E-state index contributed by atoms with van der Waals surface area (Å²) >= 11 is 0. The van der Waals surface area contributed by atoms with E-state index in [2.05, 4.69) is 10.3 Å². The predicted molar refractivity (Wildman–Crippen MR) is 112 cm³/mol. The van der Waals surface area contributed by atoms with E-state index in [4.69, 9.17) is 14.2 Å². The molecule has 3 rings (SSSR count). The Morgan fingerprint density at radius 1 is 1.33 bits per heavy atom. The van der Waals surface area contributed by atoms with E-state index in [0.29, 0.717) is 25.3 Å². The third-order valence-corrected chi connectivity index (χ3v) is 5.39. The molecule has 182 valence electrons. The van der Waals surface area contributed by atoms with Crippen LogP contribution in [0.5, 0.6) is 11.8 Å². The number of aromatic nitrogens is 2. The lowest BCUT2D eigenvalue weighted by molar-refractivity contribution is -0.120. The smallest absolute Gasteiger partial charge is 0.297 e. The molecule has 1 amide bonds. The Labute approximate surface area is 188 Å². The predicted octanol–water partition coefficient (Wildman–Crippen LogP) is 4.24. The van der Waals surface area contributed by atoms with Crippen LogP contribution in [-0.4, -0.2) is 46.7 Å². The maximum absolute atomic E-state index is 14.8. The molecule has 7 nitrogen and oxygen atoms in total. The fraction of sp³-hybridized carbons (Fsp3) is 0.545. The monoisotopic (exact) mass is 473 g/mol. The molecule has 1 aliphatic rings. The third kappa shape index (κ3) is 5.88. The first-order chi connectivity index (χ1) is 15.6. The van der Waals surface area contributed by atoms with E-state index in [1.165, 1.54) is 18.5 Å². The van der Waals surface area contributed by atoms with E-state index in [0.717, 1.165) is 5.76 Å². The lowest BCUT2D eigenvalue weighted by atomic mass is 10.0. The average molecular weight is 473 g/mol. The number of alkyl halides is 2. The summed E-state index contributed by atoms with van der Waals surface area (Å²) in [7, 11) is 1.45. The number of amides is 1. The zero-order valence-corrected chi connectivity index (χ0v) is 18.8. The Morgan fingerprint density at radius 2 is 2.06 bits per heavy atom. The maximum Gasteiger partial charge on any atom is 0.297 e. The van der Waals surface area contributed by atoms with Crippen LogP contribution in [0.2, 0.25) is 0 Å². The molecule has 1 aromatic heterocycles. The minimum atomic E-state index is -2.82. The van der Waals surface area contributed by atoms with Gasteiger partial charge in [0.25, 0.3) is 12.4 Å². The topological polar surface area (TPSA) is 74.6 Å².